The van der Waals surface area contributed by atoms with Crippen molar-refractivity contribution < 1.29 is 12.9 Å². The third-order valence-corrected chi connectivity index (χ3v) is 1.89. The van der Waals surface area contributed by atoms with E-state index in [1.807, 2.05) is 19.1 Å². The molecular weight excluding hydrogens is 204 g/mol. The highest BCUT2D eigenvalue weighted by Gasteiger charge is 1.94. The van der Waals surface area contributed by atoms with Gasteiger partial charge in [-0.1, -0.05) is 13.0 Å². The second-order valence-electron chi connectivity index (χ2n) is 2.51. The van der Waals surface area contributed by atoms with Crippen LogP contribution in [-0.2, 0) is 22.0 Å². The Morgan fingerprint density at radius 3 is 3.07 bits per heavy atom. The van der Waals surface area contributed by atoms with Crippen molar-refractivity contribution in [3.8, 4) is 0 Å². The van der Waals surface area contributed by atoms with E-state index in [2.05, 4.69) is 14.5 Å². The molecule has 0 aromatic carbocycles. The van der Waals surface area contributed by atoms with Crippen LogP contribution in [0.25, 0.3) is 0 Å². The molecule has 0 fully saturated rings. The molecule has 0 spiro atoms. The van der Waals surface area contributed by atoms with Gasteiger partial charge in [0.2, 0.25) is 0 Å². The second kappa shape index (κ2) is 5.69. The first kappa shape index (κ1) is 11.1. The van der Waals surface area contributed by atoms with E-state index in [0.717, 1.165) is 12.1 Å². The SMILES string of the molecule is CCc1cccc(NCOS(=O)[O-])n1. The number of hydrogen-bond donors (Lipinski definition) is 1. The summed E-state index contributed by atoms with van der Waals surface area (Å²) in [7, 11) is 0. The number of nitrogens with one attached hydrogen (secondary N) is 1. The summed E-state index contributed by atoms with van der Waals surface area (Å²) >= 11 is -2.49. The molecule has 0 amide bonds. The molecule has 5 nitrogen and oxygen atoms in total. The standard InChI is InChI=1S/C8H12N2O3S/c1-2-7-4-3-5-8(10-7)9-6-13-14(11)12/h3-5H,2,6H2,1H3,(H,9,10)(H,11,12)/p-1. The van der Waals surface area contributed by atoms with Crippen LogP contribution in [0.4, 0.5) is 5.82 Å². The van der Waals surface area contributed by atoms with E-state index >= 15 is 0 Å². The van der Waals surface area contributed by atoms with E-state index in [9.17, 15) is 8.76 Å². The van der Waals surface area contributed by atoms with Crippen molar-refractivity contribution in [2.75, 3.05) is 12.0 Å². The van der Waals surface area contributed by atoms with E-state index in [4.69, 9.17) is 0 Å². The summed E-state index contributed by atoms with van der Waals surface area (Å²) in [5, 5.41) is 2.72. The Balaban J connectivity index is 2.46. The Bertz CT molecular complexity index is 319. The van der Waals surface area contributed by atoms with Crippen LogP contribution in [0.2, 0.25) is 0 Å². The molecule has 0 radical (unpaired) electrons. The van der Waals surface area contributed by atoms with Crippen molar-refractivity contribution in [1.82, 2.24) is 4.98 Å². The average Bonchev–Trinajstić information content (AvgIpc) is 2.18. The maximum Gasteiger partial charge on any atom is 0.133 e. The lowest BCUT2D eigenvalue weighted by molar-refractivity contribution is 0.322. The number of aryl methyl sites for hydroxylation is 1. The van der Waals surface area contributed by atoms with Crippen molar-refractivity contribution in [3.63, 3.8) is 0 Å². The third-order valence-electron chi connectivity index (χ3n) is 1.58. The summed E-state index contributed by atoms with van der Waals surface area (Å²) in [5.74, 6) is 0.606. The van der Waals surface area contributed by atoms with Gasteiger partial charge in [0.25, 0.3) is 0 Å². The summed E-state index contributed by atoms with van der Waals surface area (Å²) in [6.07, 6.45) is 0.837. The smallest absolute Gasteiger partial charge is 0.133 e. The van der Waals surface area contributed by atoms with Gasteiger partial charge in [0.1, 0.15) is 12.5 Å². The zero-order chi connectivity index (χ0) is 10.4. The first-order valence-corrected chi connectivity index (χ1v) is 5.14. The Labute approximate surface area is 85.0 Å². The normalized spacial score (nSPS) is 12.4. The number of pyridine rings is 1. The van der Waals surface area contributed by atoms with E-state index in [-0.39, 0.29) is 6.73 Å². The first-order chi connectivity index (χ1) is 6.72. The van der Waals surface area contributed by atoms with Gasteiger partial charge in [-0.3, -0.25) is 4.18 Å². The molecule has 1 aromatic heterocycles. The number of rotatable bonds is 5. The molecule has 0 saturated carbocycles. The minimum Gasteiger partial charge on any atom is -0.750 e. The van der Waals surface area contributed by atoms with Crippen molar-refractivity contribution in [2.24, 2.45) is 0 Å². The molecule has 0 bridgehead atoms. The van der Waals surface area contributed by atoms with Crippen molar-refractivity contribution in [3.05, 3.63) is 23.9 Å². The molecule has 1 N–H and O–H groups in total. The molecular formula is C8H11N2O3S-. The molecule has 1 aromatic rings. The number of hydrogen-bond acceptors (Lipinski definition) is 5. The lowest BCUT2D eigenvalue weighted by Gasteiger charge is -2.08. The Morgan fingerprint density at radius 2 is 2.43 bits per heavy atom. The van der Waals surface area contributed by atoms with E-state index in [1.54, 1.807) is 6.07 Å². The summed E-state index contributed by atoms with van der Waals surface area (Å²) in [4.78, 5) is 4.20. The predicted molar refractivity (Wildman–Crippen MR) is 52.1 cm³/mol. The second-order valence-corrected chi connectivity index (χ2v) is 3.15. The molecule has 0 aliphatic heterocycles. The van der Waals surface area contributed by atoms with Crippen LogP contribution in [0.15, 0.2) is 18.2 Å². The number of anilines is 1. The molecule has 0 aliphatic carbocycles. The van der Waals surface area contributed by atoms with E-state index in [1.165, 1.54) is 0 Å². The van der Waals surface area contributed by atoms with Gasteiger partial charge in [-0.05, 0) is 18.6 Å². The predicted octanol–water partition coefficient (Wildman–Crippen LogP) is 0.824. The fourth-order valence-electron chi connectivity index (χ4n) is 0.926. The monoisotopic (exact) mass is 215 g/mol. The van der Waals surface area contributed by atoms with Gasteiger partial charge < -0.3 is 9.87 Å². The average molecular weight is 215 g/mol. The van der Waals surface area contributed by atoms with Crippen LogP contribution >= 0.6 is 0 Å². The largest absolute Gasteiger partial charge is 0.750 e. The summed E-state index contributed by atoms with van der Waals surface area (Å²) in [6, 6.07) is 5.50. The van der Waals surface area contributed by atoms with E-state index in [0.29, 0.717) is 5.82 Å². The van der Waals surface area contributed by atoms with Crippen LogP contribution in [-0.4, -0.2) is 20.5 Å². The van der Waals surface area contributed by atoms with Crippen LogP contribution in [0.3, 0.4) is 0 Å². The van der Waals surface area contributed by atoms with Crippen LogP contribution in [0.5, 0.6) is 0 Å². The molecule has 0 aliphatic rings. The highest BCUT2D eigenvalue weighted by atomic mass is 32.2. The lowest BCUT2D eigenvalue weighted by atomic mass is 10.3. The highest BCUT2D eigenvalue weighted by molar-refractivity contribution is 7.74. The highest BCUT2D eigenvalue weighted by Crippen LogP contribution is 2.04. The summed E-state index contributed by atoms with van der Waals surface area (Å²) in [5.41, 5.74) is 0.943. The van der Waals surface area contributed by atoms with Gasteiger partial charge in [-0.25, -0.2) is 9.19 Å². The van der Waals surface area contributed by atoms with Gasteiger partial charge in [0, 0.05) is 5.69 Å². The lowest BCUT2D eigenvalue weighted by Crippen LogP contribution is -2.09. The van der Waals surface area contributed by atoms with Crippen molar-refractivity contribution in [1.29, 1.82) is 0 Å². The minimum absolute atomic E-state index is 0.101. The summed E-state index contributed by atoms with van der Waals surface area (Å²) < 4.78 is 24.3. The quantitative estimate of drug-likeness (QED) is 0.581. The molecule has 78 valence electrons. The minimum atomic E-state index is -2.49. The number of nitrogens with zero attached hydrogens (tertiary/aromatic N) is 1. The number of aromatic nitrogens is 1. The van der Waals surface area contributed by atoms with E-state index < -0.39 is 11.4 Å². The topological polar surface area (TPSA) is 74.3 Å². The van der Waals surface area contributed by atoms with Gasteiger partial charge >= 0.3 is 0 Å². The summed E-state index contributed by atoms with van der Waals surface area (Å²) in [6.45, 7) is 1.89. The van der Waals surface area contributed by atoms with Gasteiger partial charge in [-0.2, -0.15) is 0 Å². The Morgan fingerprint density at radius 1 is 1.64 bits per heavy atom. The molecule has 0 saturated heterocycles. The molecule has 1 atom stereocenters. The van der Waals surface area contributed by atoms with Crippen LogP contribution in [0, 0.1) is 0 Å². The molecule has 1 heterocycles. The maximum atomic E-state index is 10.0. The van der Waals surface area contributed by atoms with Gasteiger partial charge in [-0.15, -0.1) is 0 Å². The fourth-order valence-corrected chi connectivity index (χ4v) is 1.08. The maximum absolute atomic E-state index is 10.0. The zero-order valence-electron chi connectivity index (χ0n) is 7.73. The van der Waals surface area contributed by atoms with Gasteiger partial charge in [0.15, 0.2) is 0 Å². The molecule has 6 heteroatoms. The Kier molecular flexibility index (Phi) is 4.51. The first-order valence-electron chi connectivity index (χ1n) is 4.14. The van der Waals surface area contributed by atoms with Crippen LogP contribution < -0.4 is 5.32 Å². The molecule has 1 unspecified atom stereocenters. The van der Waals surface area contributed by atoms with Crippen molar-refractivity contribution in [2.45, 2.75) is 13.3 Å². The zero-order valence-corrected chi connectivity index (χ0v) is 8.54. The van der Waals surface area contributed by atoms with Crippen LogP contribution in [0.1, 0.15) is 12.6 Å². The van der Waals surface area contributed by atoms with Gasteiger partial charge in [0.05, 0.1) is 11.4 Å². The Hall–Kier alpha value is -0.980. The fraction of sp³-hybridized carbons (Fsp3) is 0.375. The third kappa shape index (κ3) is 3.82. The molecule has 1 rings (SSSR count). The molecule has 14 heavy (non-hydrogen) atoms. The van der Waals surface area contributed by atoms with Crippen molar-refractivity contribution >= 4 is 17.2 Å².